The molecular weight excluding hydrogens is 202 g/mol. The maximum absolute atomic E-state index is 12.2. The van der Waals surface area contributed by atoms with E-state index in [-0.39, 0.29) is 12.0 Å². The Morgan fingerprint density at radius 3 is 2.62 bits per heavy atom. The number of hydrogen-bond acceptors (Lipinski definition) is 2. The van der Waals surface area contributed by atoms with E-state index in [0.717, 1.165) is 38.8 Å². The molecule has 0 aromatic heterocycles. The van der Waals surface area contributed by atoms with Crippen LogP contribution in [0, 0.1) is 17.8 Å². The number of aliphatic hydroxyl groups is 1. The van der Waals surface area contributed by atoms with Crippen LogP contribution >= 0.6 is 0 Å². The second-order valence-electron chi connectivity index (χ2n) is 5.45. The number of aliphatic hydroxyl groups excluding tert-OH is 1. The Labute approximate surface area is 96.1 Å². The van der Waals surface area contributed by atoms with Gasteiger partial charge in [0.2, 0.25) is 5.91 Å². The molecule has 3 rings (SSSR count). The molecule has 3 nitrogen and oxygen atoms in total. The van der Waals surface area contributed by atoms with E-state index in [4.69, 9.17) is 0 Å². The van der Waals surface area contributed by atoms with Crippen LogP contribution in [-0.4, -0.2) is 35.1 Å². The van der Waals surface area contributed by atoms with Gasteiger partial charge < -0.3 is 10.0 Å². The first-order valence-corrected chi connectivity index (χ1v) is 6.37. The molecule has 1 amide bonds. The van der Waals surface area contributed by atoms with Gasteiger partial charge in [-0.15, -0.1) is 0 Å². The van der Waals surface area contributed by atoms with Crippen LogP contribution in [0.2, 0.25) is 0 Å². The number of nitrogens with zero attached hydrogens (tertiary/aromatic N) is 1. The largest absolute Gasteiger partial charge is 0.393 e. The van der Waals surface area contributed by atoms with E-state index in [1.165, 1.54) is 0 Å². The van der Waals surface area contributed by atoms with Crippen LogP contribution in [0.5, 0.6) is 0 Å². The Hall–Kier alpha value is -0.830. The van der Waals surface area contributed by atoms with Crippen molar-refractivity contribution < 1.29 is 9.90 Å². The summed E-state index contributed by atoms with van der Waals surface area (Å²) in [6.45, 7) is 1.68. The van der Waals surface area contributed by atoms with Crippen molar-refractivity contribution in [2.45, 2.75) is 31.8 Å². The third kappa shape index (κ3) is 1.58. The summed E-state index contributed by atoms with van der Waals surface area (Å²) in [4.78, 5) is 14.2. The normalized spacial score (nSPS) is 38.3. The van der Waals surface area contributed by atoms with Gasteiger partial charge in [-0.3, -0.25) is 4.79 Å². The first-order chi connectivity index (χ1) is 7.75. The topological polar surface area (TPSA) is 40.5 Å². The molecule has 0 aromatic carbocycles. The molecule has 1 saturated carbocycles. The Morgan fingerprint density at radius 1 is 1.19 bits per heavy atom. The zero-order valence-electron chi connectivity index (χ0n) is 9.51. The van der Waals surface area contributed by atoms with Gasteiger partial charge in [0.1, 0.15) is 0 Å². The highest BCUT2D eigenvalue weighted by Gasteiger charge is 2.44. The molecule has 3 unspecified atom stereocenters. The second-order valence-corrected chi connectivity index (χ2v) is 5.45. The summed E-state index contributed by atoms with van der Waals surface area (Å²) in [7, 11) is 0. The number of amides is 1. The lowest BCUT2D eigenvalue weighted by Gasteiger charge is -2.21. The van der Waals surface area contributed by atoms with E-state index in [0.29, 0.717) is 17.7 Å². The van der Waals surface area contributed by atoms with Crippen molar-refractivity contribution in [1.29, 1.82) is 0 Å². The van der Waals surface area contributed by atoms with Crippen LogP contribution in [-0.2, 0) is 4.79 Å². The van der Waals surface area contributed by atoms with Gasteiger partial charge in [0, 0.05) is 24.9 Å². The van der Waals surface area contributed by atoms with Crippen molar-refractivity contribution in [3.05, 3.63) is 12.2 Å². The van der Waals surface area contributed by atoms with Crippen LogP contribution in [0.25, 0.3) is 0 Å². The zero-order chi connectivity index (χ0) is 11.1. The molecule has 16 heavy (non-hydrogen) atoms. The first kappa shape index (κ1) is 10.3. The van der Waals surface area contributed by atoms with Gasteiger partial charge >= 0.3 is 0 Å². The minimum Gasteiger partial charge on any atom is -0.393 e. The molecule has 3 atom stereocenters. The lowest BCUT2D eigenvalue weighted by molar-refractivity contribution is -0.134. The summed E-state index contributed by atoms with van der Waals surface area (Å²) in [6.07, 6.45) is 7.90. The highest BCUT2D eigenvalue weighted by molar-refractivity contribution is 5.80. The van der Waals surface area contributed by atoms with Gasteiger partial charge in [0.15, 0.2) is 0 Å². The molecule has 1 aliphatic heterocycles. The monoisotopic (exact) mass is 221 g/mol. The van der Waals surface area contributed by atoms with Crippen LogP contribution < -0.4 is 0 Å². The van der Waals surface area contributed by atoms with E-state index in [1.54, 1.807) is 0 Å². The SMILES string of the molecule is O=C(C1CC=CC1)N1CC2CCC(O)C2C1. The number of rotatable bonds is 1. The van der Waals surface area contributed by atoms with Crippen LogP contribution in [0.3, 0.4) is 0 Å². The van der Waals surface area contributed by atoms with Gasteiger partial charge in [-0.2, -0.15) is 0 Å². The third-order valence-electron chi connectivity index (χ3n) is 4.49. The van der Waals surface area contributed by atoms with Crippen molar-refractivity contribution in [2.24, 2.45) is 17.8 Å². The Bertz CT molecular complexity index is 318. The summed E-state index contributed by atoms with van der Waals surface area (Å²) in [6, 6.07) is 0. The highest BCUT2D eigenvalue weighted by Crippen LogP contribution is 2.39. The number of allylic oxidation sites excluding steroid dienone is 2. The third-order valence-corrected chi connectivity index (χ3v) is 4.49. The van der Waals surface area contributed by atoms with Crippen LogP contribution in [0.1, 0.15) is 25.7 Å². The molecule has 88 valence electrons. The summed E-state index contributed by atoms with van der Waals surface area (Å²) < 4.78 is 0. The van der Waals surface area contributed by atoms with Crippen LogP contribution in [0.4, 0.5) is 0 Å². The molecule has 2 fully saturated rings. The molecule has 1 N–H and O–H groups in total. The summed E-state index contributed by atoms with van der Waals surface area (Å²) >= 11 is 0. The predicted octanol–water partition coefficient (Wildman–Crippen LogP) is 1.18. The fraction of sp³-hybridized carbons (Fsp3) is 0.769. The van der Waals surface area contributed by atoms with E-state index >= 15 is 0 Å². The number of carbonyl (C=O) groups excluding carboxylic acids is 1. The molecule has 0 radical (unpaired) electrons. The Morgan fingerprint density at radius 2 is 1.94 bits per heavy atom. The molecule has 0 spiro atoms. The Kier molecular flexibility index (Phi) is 2.51. The minimum absolute atomic E-state index is 0.162. The molecule has 1 heterocycles. The number of likely N-dealkylation sites (tertiary alicyclic amines) is 1. The molecule has 3 heteroatoms. The van der Waals surface area contributed by atoms with Crippen molar-refractivity contribution in [3.8, 4) is 0 Å². The van der Waals surface area contributed by atoms with E-state index in [9.17, 15) is 9.90 Å². The first-order valence-electron chi connectivity index (χ1n) is 6.37. The molecule has 0 bridgehead atoms. The lowest BCUT2D eigenvalue weighted by Crippen LogP contribution is -2.35. The molecule has 2 aliphatic carbocycles. The fourth-order valence-electron chi connectivity index (χ4n) is 3.49. The van der Waals surface area contributed by atoms with Crippen molar-refractivity contribution in [2.75, 3.05) is 13.1 Å². The van der Waals surface area contributed by atoms with Gasteiger partial charge in [-0.25, -0.2) is 0 Å². The molecular formula is C13H19NO2. The average molecular weight is 221 g/mol. The van der Waals surface area contributed by atoms with Gasteiger partial charge in [-0.05, 0) is 31.6 Å². The van der Waals surface area contributed by atoms with Crippen molar-refractivity contribution in [3.63, 3.8) is 0 Å². The molecule has 0 aromatic rings. The number of carbonyl (C=O) groups is 1. The average Bonchev–Trinajstić information content (AvgIpc) is 2.96. The smallest absolute Gasteiger partial charge is 0.226 e. The number of fused-ring (bicyclic) bond motifs is 1. The van der Waals surface area contributed by atoms with E-state index in [2.05, 4.69) is 12.2 Å². The van der Waals surface area contributed by atoms with Crippen molar-refractivity contribution >= 4 is 5.91 Å². The summed E-state index contributed by atoms with van der Waals surface area (Å²) in [5.41, 5.74) is 0. The van der Waals surface area contributed by atoms with E-state index < -0.39 is 0 Å². The summed E-state index contributed by atoms with van der Waals surface area (Å²) in [5, 5.41) is 9.81. The van der Waals surface area contributed by atoms with Crippen molar-refractivity contribution in [1.82, 2.24) is 4.90 Å². The van der Waals surface area contributed by atoms with Gasteiger partial charge in [0.05, 0.1) is 6.10 Å². The second kappa shape index (κ2) is 3.88. The maximum atomic E-state index is 12.2. The van der Waals surface area contributed by atoms with Crippen LogP contribution in [0.15, 0.2) is 12.2 Å². The standard InChI is InChI=1S/C13H19NO2/c15-12-6-5-10-7-14(8-11(10)12)13(16)9-3-1-2-4-9/h1-2,9-12,15H,3-8H2. The zero-order valence-corrected chi connectivity index (χ0v) is 9.51. The molecule has 1 saturated heterocycles. The Balaban J connectivity index is 1.63. The predicted molar refractivity (Wildman–Crippen MR) is 60.7 cm³/mol. The van der Waals surface area contributed by atoms with E-state index in [1.807, 2.05) is 4.90 Å². The summed E-state index contributed by atoms with van der Waals surface area (Å²) in [5.74, 6) is 1.43. The van der Waals surface area contributed by atoms with Gasteiger partial charge in [0.25, 0.3) is 0 Å². The highest BCUT2D eigenvalue weighted by atomic mass is 16.3. The minimum atomic E-state index is -0.162. The molecule has 3 aliphatic rings. The van der Waals surface area contributed by atoms with Gasteiger partial charge in [-0.1, -0.05) is 12.2 Å². The lowest BCUT2D eigenvalue weighted by atomic mass is 10.00. The fourth-order valence-corrected chi connectivity index (χ4v) is 3.49. The number of hydrogen-bond donors (Lipinski definition) is 1. The maximum Gasteiger partial charge on any atom is 0.226 e. The quantitative estimate of drug-likeness (QED) is 0.675.